The summed E-state index contributed by atoms with van der Waals surface area (Å²) in [5, 5.41) is 14.8. The number of nitrogens with two attached hydrogens (primary N) is 1. The molecule has 0 radical (unpaired) electrons. The zero-order valence-corrected chi connectivity index (χ0v) is 11.7. The van der Waals surface area contributed by atoms with Gasteiger partial charge in [0.1, 0.15) is 5.82 Å². The fraction of sp³-hybridized carbons (Fsp3) is 0.500. The molecule has 0 atom stereocenters. The Morgan fingerprint density at radius 1 is 1.47 bits per heavy atom. The molecule has 0 saturated carbocycles. The number of benzene rings is 1. The van der Waals surface area contributed by atoms with Gasteiger partial charge in [-0.1, -0.05) is 30.6 Å². The van der Waals surface area contributed by atoms with E-state index in [0.29, 0.717) is 12.1 Å². The van der Waals surface area contributed by atoms with E-state index >= 15 is 0 Å². The lowest BCUT2D eigenvalue weighted by atomic mass is 9.98. The van der Waals surface area contributed by atoms with Crippen molar-refractivity contribution in [2.45, 2.75) is 45.7 Å². The highest BCUT2D eigenvalue weighted by molar-refractivity contribution is 5.97. The summed E-state index contributed by atoms with van der Waals surface area (Å²) >= 11 is 0. The zero-order chi connectivity index (χ0) is 14.5. The molecule has 0 saturated heterocycles. The summed E-state index contributed by atoms with van der Waals surface area (Å²) in [5.41, 5.74) is 6.01. The van der Waals surface area contributed by atoms with Crippen molar-refractivity contribution >= 4 is 5.84 Å². The number of nitrogens with zero attached hydrogens (tertiary/aromatic N) is 1. The van der Waals surface area contributed by atoms with E-state index < -0.39 is 5.82 Å². The van der Waals surface area contributed by atoms with E-state index in [0.717, 1.165) is 12.8 Å². The first-order valence-electron chi connectivity index (χ1n) is 6.41. The van der Waals surface area contributed by atoms with Gasteiger partial charge in [0.15, 0.2) is 5.84 Å². The van der Waals surface area contributed by atoms with E-state index in [-0.39, 0.29) is 16.9 Å². The van der Waals surface area contributed by atoms with Gasteiger partial charge in [0.25, 0.3) is 0 Å². The largest absolute Gasteiger partial charge is 0.409 e. The minimum absolute atomic E-state index is 0.0478. The number of hydrogen-bond acceptors (Lipinski definition) is 3. The second-order valence-electron chi connectivity index (χ2n) is 5.25. The van der Waals surface area contributed by atoms with E-state index in [4.69, 9.17) is 10.9 Å². The number of hydrogen-bond donors (Lipinski definition) is 3. The molecule has 5 heteroatoms. The predicted octanol–water partition coefficient (Wildman–Crippen LogP) is 2.59. The summed E-state index contributed by atoms with van der Waals surface area (Å²) < 4.78 is 14.2. The Balaban J connectivity index is 2.86. The van der Waals surface area contributed by atoms with Crippen LogP contribution in [0.2, 0.25) is 0 Å². The molecule has 0 spiro atoms. The number of oxime groups is 1. The van der Waals surface area contributed by atoms with E-state index in [2.05, 4.69) is 31.2 Å². The quantitative estimate of drug-likeness (QED) is 0.321. The minimum Gasteiger partial charge on any atom is -0.409 e. The highest BCUT2D eigenvalue weighted by Gasteiger charge is 2.17. The maximum absolute atomic E-state index is 14.2. The van der Waals surface area contributed by atoms with Crippen molar-refractivity contribution in [1.29, 1.82) is 0 Å². The fourth-order valence-electron chi connectivity index (χ4n) is 2.02. The van der Waals surface area contributed by atoms with Crippen LogP contribution in [0.15, 0.2) is 23.4 Å². The van der Waals surface area contributed by atoms with Crippen LogP contribution >= 0.6 is 0 Å². The van der Waals surface area contributed by atoms with Gasteiger partial charge in [-0.25, -0.2) is 4.39 Å². The van der Waals surface area contributed by atoms with Gasteiger partial charge in [0.05, 0.1) is 5.56 Å². The lowest BCUT2D eigenvalue weighted by molar-refractivity contribution is 0.318. The molecule has 1 aromatic carbocycles. The molecule has 0 heterocycles. The number of amidine groups is 1. The molecule has 106 valence electrons. The Morgan fingerprint density at radius 3 is 2.74 bits per heavy atom. The Kier molecular flexibility index (Phi) is 5.30. The van der Waals surface area contributed by atoms with Crippen LogP contribution < -0.4 is 11.1 Å². The van der Waals surface area contributed by atoms with Gasteiger partial charge in [0.2, 0.25) is 0 Å². The third kappa shape index (κ3) is 4.21. The molecule has 4 N–H and O–H groups in total. The summed E-state index contributed by atoms with van der Waals surface area (Å²) in [4.78, 5) is 0. The molecule has 1 rings (SSSR count). The standard InChI is InChI=1S/C14H22FN3O/c1-4-8-14(2,3)17-9-10-6-5-7-11(12(10)15)13(16)18-19/h5-7,17,19H,4,8-9H2,1-3H3,(H2,16,18). The van der Waals surface area contributed by atoms with Crippen LogP contribution in [-0.4, -0.2) is 16.6 Å². The van der Waals surface area contributed by atoms with Crippen molar-refractivity contribution in [3.8, 4) is 0 Å². The smallest absolute Gasteiger partial charge is 0.173 e. The Morgan fingerprint density at radius 2 is 2.16 bits per heavy atom. The van der Waals surface area contributed by atoms with Gasteiger partial charge in [-0.2, -0.15) is 0 Å². The molecule has 0 aliphatic heterocycles. The first kappa shape index (κ1) is 15.4. The topological polar surface area (TPSA) is 70.6 Å². The molecular weight excluding hydrogens is 245 g/mol. The van der Waals surface area contributed by atoms with E-state index in [9.17, 15) is 4.39 Å². The maximum atomic E-state index is 14.2. The third-order valence-corrected chi connectivity index (χ3v) is 3.09. The van der Waals surface area contributed by atoms with E-state index in [1.54, 1.807) is 12.1 Å². The van der Waals surface area contributed by atoms with E-state index in [1.165, 1.54) is 6.07 Å². The summed E-state index contributed by atoms with van der Waals surface area (Å²) in [6.45, 7) is 6.69. The highest BCUT2D eigenvalue weighted by Crippen LogP contribution is 2.16. The predicted molar refractivity (Wildman–Crippen MR) is 74.7 cm³/mol. The number of rotatable bonds is 6. The lowest BCUT2D eigenvalue weighted by Crippen LogP contribution is -2.38. The molecule has 1 aromatic rings. The minimum atomic E-state index is -0.447. The maximum Gasteiger partial charge on any atom is 0.173 e. The number of nitrogens with one attached hydrogen (secondary N) is 1. The van der Waals surface area contributed by atoms with Crippen molar-refractivity contribution in [3.63, 3.8) is 0 Å². The lowest BCUT2D eigenvalue weighted by Gasteiger charge is -2.26. The third-order valence-electron chi connectivity index (χ3n) is 3.09. The van der Waals surface area contributed by atoms with Crippen LogP contribution in [0.3, 0.4) is 0 Å². The van der Waals surface area contributed by atoms with Gasteiger partial charge in [-0.3, -0.25) is 0 Å². The first-order valence-corrected chi connectivity index (χ1v) is 6.41. The molecule has 0 fully saturated rings. The summed E-state index contributed by atoms with van der Waals surface area (Å²) in [5.74, 6) is -0.662. The van der Waals surface area contributed by atoms with Crippen LogP contribution in [0.5, 0.6) is 0 Å². The molecular formula is C14H22FN3O. The van der Waals surface area contributed by atoms with Crippen LogP contribution in [-0.2, 0) is 6.54 Å². The Bertz CT molecular complexity index is 458. The van der Waals surface area contributed by atoms with Gasteiger partial charge in [-0.15, -0.1) is 0 Å². The second kappa shape index (κ2) is 6.52. The Labute approximate surface area is 113 Å². The molecule has 19 heavy (non-hydrogen) atoms. The van der Waals surface area contributed by atoms with Crippen molar-refractivity contribution in [2.24, 2.45) is 10.9 Å². The monoisotopic (exact) mass is 267 g/mol. The molecule has 0 aliphatic carbocycles. The van der Waals surface area contributed by atoms with Crippen LogP contribution in [0, 0.1) is 5.82 Å². The molecule has 0 bridgehead atoms. The van der Waals surface area contributed by atoms with Crippen LogP contribution in [0.25, 0.3) is 0 Å². The SMILES string of the molecule is CCCC(C)(C)NCc1cccc(/C(N)=N/O)c1F. The molecule has 0 unspecified atom stereocenters. The van der Waals surface area contributed by atoms with Gasteiger partial charge >= 0.3 is 0 Å². The first-order chi connectivity index (χ1) is 8.91. The second-order valence-corrected chi connectivity index (χ2v) is 5.25. The van der Waals surface area contributed by atoms with Gasteiger partial charge < -0.3 is 16.3 Å². The Hall–Kier alpha value is -1.62. The van der Waals surface area contributed by atoms with Crippen LogP contribution in [0.4, 0.5) is 4.39 Å². The summed E-state index contributed by atoms with van der Waals surface area (Å²) in [7, 11) is 0. The molecule has 0 aromatic heterocycles. The van der Waals surface area contributed by atoms with Crippen molar-refractivity contribution in [3.05, 3.63) is 35.1 Å². The average Bonchev–Trinajstić information content (AvgIpc) is 2.36. The summed E-state index contributed by atoms with van der Waals surface area (Å²) in [6, 6.07) is 4.88. The van der Waals surface area contributed by atoms with Crippen LogP contribution in [0.1, 0.15) is 44.7 Å². The molecule has 0 amide bonds. The normalized spacial score (nSPS) is 12.7. The average molecular weight is 267 g/mol. The molecule has 0 aliphatic rings. The fourth-order valence-corrected chi connectivity index (χ4v) is 2.02. The van der Waals surface area contributed by atoms with Crippen molar-refractivity contribution in [1.82, 2.24) is 5.32 Å². The highest BCUT2D eigenvalue weighted by atomic mass is 19.1. The zero-order valence-electron chi connectivity index (χ0n) is 11.7. The van der Waals surface area contributed by atoms with Gasteiger partial charge in [0, 0.05) is 17.6 Å². The van der Waals surface area contributed by atoms with Crippen molar-refractivity contribution in [2.75, 3.05) is 0 Å². The van der Waals surface area contributed by atoms with Crippen molar-refractivity contribution < 1.29 is 9.60 Å². The van der Waals surface area contributed by atoms with E-state index in [1.807, 2.05) is 0 Å². The van der Waals surface area contributed by atoms with Gasteiger partial charge in [-0.05, 0) is 26.3 Å². The number of halogens is 1. The molecule has 4 nitrogen and oxygen atoms in total. The summed E-state index contributed by atoms with van der Waals surface area (Å²) in [6.07, 6.45) is 2.07.